The quantitative estimate of drug-likeness (QED) is 0.720. The molecule has 1 aromatic rings. The summed E-state index contributed by atoms with van der Waals surface area (Å²) in [6.07, 6.45) is -12.1. The van der Waals surface area contributed by atoms with Crippen molar-refractivity contribution in [2.24, 2.45) is 5.41 Å². The van der Waals surface area contributed by atoms with Gasteiger partial charge >= 0.3 is 12.4 Å². The highest BCUT2D eigenvalue weighted by Gasteiger charge is 2.60. The molecule has 162 valence electrons. The number of anilines is 1. The molecular weight excluding hydrogens is 404 g/mol. The lowest BCUT2D eigenvalue weighted by molar-refractivity contribution is -0.274. The number of aliphatic hydroxyl groups is 1. The number of hydrogen-bond acceptors (Lipinski definition) is 3. The van der Waals surface area contributed by atoms with Gasteiger partial charge in [0.25, 0.3) is 0 Å². The Morgan fingerprint density at radius 1 is 1.00 bits per heavy atom. The maximum absolute atomic E-state index is 13.0. The maximum Gasteiger partial charge on any atom is 0.425 e. The van der Waals surface area contributed by atoms with E-state index in [-0.39, 0.29) is 24.5 Å². The van der Waals surface area contributed by atoms with Crippen LogP contribution in [-0.2, 0) is 4.79 Å². The first kappa shape index (κ1) is 21.7. The molecule has 1 saturated carbocycles. The number of rotatable bonds is 3. The van der Waals surface area contributed by atoms with Crippen molar-refractivity contribution in [3.63, 3.8) is 0 Å². The van der Waals surface area contributed by atoms with E-state index in [4.69, 9.17) is 4.74 Å². The predicted octanol–water partition coefficient (Wildman–Crippen LogP) is 4.61. The number of carbonyl (C=O) groups is 1. The van der Waals surface area contributed by atoms with Gasteiger partial charge in [0, 0.05) is 12.2 Å². The number of nitrogens with zero attached hydrogens (tertiary/aromatic N) is 1. The largest absolute Gasteiger partial charge is 0.481 e. The van der Waals surface area contributed by atoms with Crippen molar-refractivity contribution in [2.45, 2.75) is 63.1 Å². The predicted molar refractivity (Wildman–Crippen MR) is 91.5 cm³/mol. The van der Waals surface area contributed by atoms with Crippen molar-refractivity contribution >= 4 is 11.6 Å². The fourth-order valence-electron chi connectivity index (χ4n) is 3.93. The fraction of sp³-hybridized carbons (Fsp3) is 0.632. The molecule has 4 nitrogen and oxygen atoms in total. The van der Waals surface area contributed by atoms with Crippen LogP contribution in [0.1, 0.15) is 39.0 Å². The van der Waals surface area contributed by atoms with E-state index < -0.39 is 42.3 Å². The van der Waals surface area contributed by atoms with Gasteiger partial charge < -0.3 is 14.7 Å². The van der Waals surface area contributed by atoms with E-state index in [0.29, 0.717) is 18.7 Å². The Morgan fingerprint density at radius 3 is 2.03 bits per heavy atom. The lowest BCUT2D eigenvalue weighted by Crippen LogP contribution is -2.51. The molecule has 1 aliphatic heterocycles. The van der Waals surface area contributed by atoms with Gasteiger partial charge in [-0.3, -0.25) is 4.79 Å². The number of ether oxygens (including phenoxy) is 1. The third-order valence-electron chi connectivity index (χ3n) is 6.00. The summed E-state index contributed by atoms with van der Waals surface area (Å²) in [7, 11) is 0. The number of alkyl halides is 6. The van der Waals surface area contributed by atoms with Crippen LogP contribution in [0.3, 0.4) is 0 Å². The van der Waals surface area contributed by atoms with Gasteiger partial charge in [-0.25, -0.2) is 0 Å². The molecule has 1 aliphatic carbocycles. The number of amides is 1. The first-order valence-electron chi connectivity index (χ1n) is 9.22. The van der Waals surface area contributed by atoms with Gasteiger partial charge in [-0.15, -0.1) is 0 Å². The highest BCUT2D eigenvalue weighted by molar-refractivity contribution is 6.00. The van der Waals surface area contributed by atoms with Gasteiger partial charge in [0.05, 0.1) is 5.41 Å². The average molecular weight is 425 g/mol. The van der Waals surface area contributed by atoms with Gasteiger partial charge in [0.1, 0.15) is 5.75 Å². The number of halogens is 6. The molecule has 0 bridgehead atoms. The first-order chi connectivity index (χ1) is 13.3. The van der Waals surface area contributed by atoms with Crippen molar-refractivity contribution in [1.82, 2.24) is 0 Å². The zero-order valence-corrected chi connectivity index (χ0v) is 15.6. The zero-order valence-electron chi connectivity index (χ0n) is 15.6. The Labute approximate surface area is 163 Å². The molecule has 1 atom stereocenters. The summed E-state index contributed by atoms with van der Waals surface area (Å²) in [6.45, 7) is 1.18. The summed E-state index contributed by atoms with van der Waals surface area (Å²) in [4.78, 5) is 14.3. The third kappa shape index (κ3) is 4.04. The molecule has 2 aliphatic rings. The smallest absolute Gasteiger partial charge is 0.425 e. The third-order valence-corrected chi connectivity index (χ3v) is 6.00. The molecule has 1 saturated heterocycles. The van der Waals surface area contributed by atoms with Crippen LogP contribution < -0.4 is 9.64 Å². The average Bonchev–Trinajstić information content (AvgIpc) is 2.93. The Hall–Kier alpha value is -1.97. The van der Waals surface area contributed by atoms with Gasteiger partial charge in [-0.1, -0.05) is 0 Å². The second kappa shape index (κ2) is 7.07. The first-order valence-corrected chi connectivity index (χ1v) is 9.22. The van der Waals surface area contributed by atoms with E-state index >= 15 is 0 Å². The van der Waals surface area contributed by atoms with E-state index in [2.05, 4.69) is 0 Å². The van der Waals surface area contributed by atoms with Crippen LogP contribution in [0.25, 0.3) is 0 Å². The Balaban J connectivity index is 1.68. The summed E-state index contributed by atoms with van der Waals surface area (Å²) < 4.78 is 81.6. The molecule has 0 unspecified atom stereocenters. The van der Waals surface area contributed by atoms with Gasteiger partial charge in [-0.05, 0) is 63.3 Å². The van der Waals surface area contributed by atoms with Crippen molar-refractivity contribution in [2.75, 3.05) is 11.4 Å². The Morgan fingerprint density at radius 2 is 1.55 bits per heavy atom. The molecule has 1 spiro atoms. The summed E-state index contributed by atoms with van der Waals surface area (Å²) in [5, 5.41) is 9.84. The highest BCUT2D eigenvalue weighted by atomic mass is 19.4. The normalized spacial score (nSPS) is 29.4. The summed E-state index contributed by atoms with van der Waals surface area (Å²) in [5.41, 5.74) is -3.27. The molecule has 29 heavy (non-hydrogen) atoms. The van der Waals surface area contributed by atoms with E-state index in [0.717, 1.165) is 6.92 Å². The molecule has 1 amide bonds. The van der Waals surface area contributed by atoms with Gasteiger partial charge in [0.2, 0.25) is 5.91 Å². The van der Waals surface area contributed by atoms with Crippen LogP contribution in [0.4, 0.5) is 32.0 Å². The minimum Gasteiger partial charge on any atom is -0.481 e. The highest BCUT2D eigenvalue weighted by Crippen LogP contribution is 2.52. The topological polar surface area (TPSA) is 49.8 Å². The molecule has 0 radical (unpaired) electrons. The van der Waals surface area contributed by atoms with E-state index in [1.807, 2.05) is 0 Å². The molecule has 1 N–H and O–H groups in total. The summed E-state index contributed by atoms with van der Waals surface area (Å²) >= 11 is 0. The monoisotopic (exact) mass is 425 g/mol. The van der Waals surface area contributed by atoms with E-state index in [1.165, 1.54) is 29.2 Å². The fourth-order valence-corrected chi connectivity index (χ4v) is 3.93. The number of hydrogen-bond donors (Lipinski definition) is 1. The van der Waals surface area contributed by atoms with Crippen LogP contribution in [0.5, 0.6) is 5.75 Å². The van der Waals surface area contributed by atoms with Crippen LogP contribution in [-0.4, -0.2) is 41.6 Å². The van der Waals surface area contributed by atoms with Crippen molar-refractivity contribution in [3.05, 3.63) is 24.3 Å². The van der Waals surface area contributed by atoms with Crippen LogP contribution >= 0.6 is 0 Å². The molecule has 0 aromatic heterocycles. The molecule has 2 fully saturated rings. The SMILES string of the molecule is C[C@@H](Oc1ccc(N2CC[C@]3(CC[C@@](O)(C(F)(F)F)CC3)C2=O)cc1)C(F)(F)F. The lowest BCUT2D eigenvalue weighted by Gasteiger charge is -2.41. The minimum absolute atomic E-state index is 0.00663. The Bertz CT molecular complexity index is 751. The van der Waals surface area contributed by atoms with Crippen LogP contribution in [0, 0.1) is 5.41 Å². The summed E-state index contributed by atoms with van der Waals surface area (Å²) in [6, 6.07) is 5.53. The maximum atomic E-state index is 13.0. The molecule has 3 rings (SSSR count). The molecule has 1 heterocycles. The van der Waals surface area contributed by atoms with Crippen molar-refractivity contribution in [3.8, 4) is 5.75 Å². The van der Waals surface area contributed by atoms with Gasteiger partial charge in [0.15, 0.2) is 11.7 Å². The number of benzene rings is 1. The van der Waals surface area contributed by atoms with Crippen LogP contribution in [0.2, 0.25) is 0 Å². The van der Waals surface area contributed by atoms with E-state index in [1.54, 1.807) is 0 Å². The standard InChI is InChI=1S/C19H21F6NO3/c1-12(18(20,21)22)29-14-4-2-13(3-5-14)26-11-10-16(15(26)27)6-8-17(28,9-7-16)19(23,24)25/h2-5,12,28H,6-11H2,1H3/t12-,16-,17+/m1/s1. The number of carbonyl (C=O) groups excluding carboxylic acids is 1. The molecule has 1 aromatic carbocycles. The second-order valence-corrected chi connectivity index (χ2v) is 7.81. The molecular formula is C19H21F6NO3. The van der Waals surface area contributed by atoms with Crippen molar-refractivity contribution < 1.29 is 41.0 Å². The lowest BCUT2D eigenvalue weighted by atomic mass is 9.67. The minimum atomic E-state index is -4.74. The van der Waals surface area contributed by atoms with Gasteiger partial charge in [-0.2, -0.15) is 26.3 Å². The Kier molecular flexibility index (Phi) is 5.30. The van der Waals surface area contributed by atoms with Crippen molar-refractivity contribution in [1.29, 1.82) is 0 Å². The van der Waals surface area contributed by atoms with Crippen LogP contribution in [0.15, 0.2) is 24.3 Å². The summed E-state index contributed by atoms with van der Waals surface area (Å²) in [5.74, 6) is -0.327. The molecule has 10 heteroatoms. The van der Waals surface area contributed by atoms with E-state index in [9.17, 15) is 36.2 Å². The second-order valence-electron chi connectivity index (χ2n) is 7.81. The zero-order chi connectivity index (χ0) is 21.7.